The highest BCUT2D eigenvalue weighted by atomic mass is 35.5. The SMILES string of the molecule is CC(C)CN(Cc1cc(Cl)c2c(c1)OCCCO2)C(=O)C(C)CNC(c1ccccc1)C(C)C. The van der Waals surface area contributed by atoms with Gasteiger partial charge in [0.15, 0.2) is 11.5 Å². The molecule has 0 saturated heterocycles. The van der Waals surface area contributed by atoms with Gasteiger partial charge >= 0.3 is 0 Å². The lowest BCUT2D eigenvalue weighted by atomic mass is 9.95. The highest BCUT2D eigenvalue weighted by Gasteiger charge is 2.25. The van der Waals surface area contributed by atoms with E-state index < -0.39 is 0 Å². The second kappa shape index (κ2) is 12.5. The topological polar surface area (TPSA) is 50.8 Å². The number of nitrogens with one attached hydrogen (secondary N) is 1. The first-order chi connectivity index (χ1) is 16.3. The van der Waals surface area contributed by atoms with Crippen LogP contribution in [-0.4, -0.2) is 37.1 Å². The van der Waals surface area contributed by atoms with Crippen molar-refractivity contribution in [1.29, 1.82) is 0 Å². The molecule has 2 aromatic carbocycles. The number of carbonyl (C=O) groups is 1. The third-order valence-electron chi connectivity index (χ3n) is 6.02. The molecule has 1 amide bonds. The van der Waals surface area contributed by atoms with Gasteiger partial charge < -0.3 is 19.7 Å². The molecule has 3 rings (SSSR count). The van der Waals surface area contributed by atoms with E-state index in [0.717, 1.165) is 12.0 Å². The first-order valence-corrected chi connectivity index (χ1v) is 12.8. The molecular formula is C28H39ClN2O3. The van der Waals surface area contributed by atoms with E-state index >= 15 is 0 Å². The largest absolute Gasteiger partial charge is 0.489 e. The van der Waals surface area contributed by atoms with Crippen LogP contribution in [0.1, 0.15) is 58.2 Å². The lowest BCUT2D eigenvalue weighted by Crippen LogP contribution is -2.41. The molecule has 0 radical (unpaired) electrons. The van der Waals surface area contributed by atoms with Gasteiger partial charge in [0.05, 0.1) is 18.2 Å². The maximum atomic E-state index is 13.5. The number of carbonyl (C=O) groups excluding carboxylic acids is 1. The Morgan fingerprint density at radius 2 is 1.76 bits per heavy atom. The summed E-state index contributed by atoms with van der Waals surface area (Å²) >= 11 is 6.51. The van der Waals surface area contributed by atoms with Gasteiger partial charge in [0.1, 0.15) is 0 Å². The number of hydrogen-bond acceptors (Lipinski definition) is 4. The van der Waals surface area contributed by atoms with Crippen LogP contribution in [0.2, 0.25) is 5.02 Å². The number of ether oxygens (including phenoxy) is 2. The molecular weight excluding hydrogens is 448 g/mol. The summed E-state index contributed by atoms with van der Waals surface area (Å²) in [6.07, 6.45) is 0.823. The minimum atomic E-state index is -0.153. The molecule has 0 bridgehead atoms. The van der Waals surface area contributed by atoms with E-state index in [9.17, 15) is 4.79 Å². The lowest BCUT2D eigenvalue weighted by Gasteiger charge is -2.30. The van der Waals surface area contributed by atoms with Gasteiger partial charge in [-0.25, -0.2) is 0 Å². The van der Waals surface area contributed by atoms with Crippen molar-refractivity contribution < 1.29 is 14.3 Å². The monoisotopic (exact) mass is 486 g/mol. The van der Waals surface area contributed by atoms with Crippen molar-refractivity contribution in [3.05, 3.63) is 58.6 Å². The molecule has 6 heteroatoms. The first kappa shape index (κ1) is 26.4. The Morgan fingerprint density at radius 1 is 1.06 bits per heavy atom. The summed E-state index contributed by atoms with van der Waals surface area (Å²) in [7, 11) is 0. The Morgan fingerprint density at radius 3 is 2.44 bits per heavy atom. The average molecular weight is 487 g/mol. The summed E-state index contributed by atoms with van der Waals surface area (Å²) in [5, 5.41) is 4.17. The third kappa shape index (κ3) is 7.13. The Balaban J connectivity index is 1.71. The number of halogens is 1. The van der Waals surface area contributed by atoms with Crippen molar-refractivity contribution in [3.63, 3.8) is 0 Å². The third-order valence-corrected chi connectivity index (χ3v) is 6.30. The molecule has 1 heterocycles. The van der Waals surface area contributed by atoms with Gasteiger partial charge in [0.2, 0.25) is 5.91 Å². The molecule has 1 N–H and O–H groups in total. The number of nitrogens with zero attached hydrogens (tertiary/aromatic N) is 1. The number of hydrogen-bond donors (Lipinski definition) is 1. The molecule has 34 heavy (non-hydrogen) atoms. The van der Waals surface area contributed by atoms with E-state index in [1.165, 1.54) is 5.56 Å². The van der Waals surface area contributed by atoms with E-state index in [1.807, 2.05) is 30.0 Å². The van der Waals surface area contributed by atoms with Crippen molar-refractivity contribution in [2.75, 3.05) is 26.3 Å². The van der Waals surface area contributed by atoms with Gasteiger partial charge in [-0.15, -0.1) is 0 Å². The zero-order valence-electron chi connectivity index (χ0n) is 21.1. The van der Waals surface area contributed by atoms with Crippen LogP contribution in [0.3, 0.4) is 0 Å². The molecule has 2 aromatic rings. The van der Waals surface area contributed by atoms with Crippen LogP contribution in [0.25, 0.3) is 0 Å². The standard InChI is InChI=1S/C28H39ClN2O3/c1-19(2)17-31(18-22-14-24(29)27-25(15-22)33-12-9-13-34-27)28(32)21(5)16-30-26(20(3)4)23-10-7-6-8-11-23/h6-8,10-11,14-15,19-21,26,30H,9,12-13,16-18H2,1-5H3. The maximum absolute atomic E-state index is 13.5. The maximum Gasteiger partial charge on any atom is 0.226 e. The average Bonchev–Trinajstić information content (AvgIpc) is 3.04. The van der Waals surface area contributed by atoms with Crippen LogP contribution in [0.15, 0.2) is 42.5 Å². The predicted octanol–water partition coefficient (Wildman–Crippen LogP) is 6.11. The lowest BCUT2D eigenvalue weighted by molar-refractivity contribution is -0.136. The molecule has 5 nitrogen and oxygen atoms in total. The molecule has 2 unspecified atom stereocenters. The molecule has 186 valence electrons. The molecule has 1 aliphatic rings. The Kier molecular flexibility index (Phi) is 9.66. The van der Waals surface area contributed by atoms with Crippen LogP contribution in [-0.2, 0) is 11.3 Å². The first-order valence-electron chi connectivity index (χ1n) is 12.4. The molecule has 0 spiro atoms. The van der Waals surface area contributed by atoms with Crippen molar-refractivity contribution in [2.24, 2.45) is 17.8 Å². The van der Waals surface area contributed by atoms with Crippen LogP contribution >= 0.6 is 11.6 Å². The highest BCUT2D eigenvalue weighted by Crippen LogP contribution is 2.38. The second-order valence-electron chi connectivity index (χ2n) is 10.0. The highest BCUT2D eigenvalue weighted by molar-refractivity contribution is 6.32. The van der Waals surface area contributed by atoms with Crippen LogP contribution in [0, 0.1) is 17.8 Å². The van der Waals surface area contributed by atoms with Crippen LogP contribution in [0.4, 0.5) is 0 Å². The van der Waals surface area contributed by atoms with Crippen molar-refractivity contribution in [2.45, 2.75) is 53.6 Å². The van der Waals surface area contributed by atoms with Crippen molar-refractivity contribution in [3.8, 4) is 11.5 Å². The van der Waals surface area contributed by atoms with E-state index in [4.69, 9.17) is 21.1 Å². The van der Waals surface area contributed by atoms with Gasteiger partial charge in [0.25, 0.3) is 0 Å². The van der Waals surface area contributed by atoms with Gasteiger partial charge in [-0.2, -0.15) is 0 Å². The van der Waals surface area contributed by atoms with Crippen LogP contribution in [0.5, 0.6) is 11.5 Å². The zero-order chi connectivity index (χ0) is 24.7. The van der Waals surface area contributed by atoms with Gasteiger partial charge in [-0.3, -0.25) is 4.79 Å². The van der Waals surface area contributed by atoms with Crippen molar-refractivity contribution in [1.82, 2.24) is 10.2 Å². The van der Waals surface area contributed by atoms with Gasteiger partial charge in [-0.05, 0) is 35.1 Å². The predicted molar refractivity (Wildman–Crippen MR) is 139 cm³/mol. The van der Waals surface area contributed by atoms with Crippen molar-refractivity contribution >= 4 is 17.5 Å². The van der Waals surface area contributed by atoms with E-state index in [2.05, 4.69) is 57.3 Å². The fourth-order valence-corrected chi connectivity index (χ4v) is 4.66. The minimum absolute atomic E-state index is 0.139. The number of rotatable bonds is 10. The second-order valence-corrected chi connectivity index (χ2v) is 10.4. The zero-order valence-corrected chi connectivity index (χ0v) is 21.9. The quantitative estimate of drug-likeness (QED) is 0.440. The summed E-state index contributed by atoms with van der Waals surface area (Å²) in [5.74, 6) is 2.02. The van der Waals surface area contributed by atoms with E-state index in [0.29, 0.717) is 61.2 Å². The van der Waals surface area contributed by atoms with Crippen LogP contribution < -0.4 is 14.8 Å². The normalized spacial score (nSPS) is 15.2. The summed E-state index contributed by atoms with van der Waals surface area (Å²) in [5.41, 5.74) is 2.20. The minimum Gasteiger partial charge on any atom is -0.489 e. The number of benzene rings is 2. The molecule has 0 aromatic heterocycles. The smallest absolute Gasteiger partial charge is 0.226 e. The summed E-state index contributed by atoms with van der Waals surface area (Å²) in [6.45, 7) is 13.7. The van der Waals surface area contributed by atoms with E-state index in [1.54, 1.807) is 0 Å². The summed E-state index contributed by atoms with van der Waals surface area (Å²) in [6, 6.07) is 14.5. The molecule has 1 aliphatic heterocycles. The summed E-state index contributed by atoms with van der Waals surface area (Å²) < 4.78 is 11.6. The Labute approximate surface area is 209 Å². The van der Waals surface area contributed by atoms with Gasteiger partial charge in [0, 0.05) is 38.0 Å². The Hall–Kier alpha value is -2.24. The molecule has 0 aliphatic carbocycles. The molecule has 0 saturated carbocycles. The Bertz CT molecular complexity index is 933. The molecule has 0 fully saturated rings. The number of amides is 1. The fourth-order valence-electron chi connectivity index (χ4n) is 4.37. The fraction of sp³-hybridized carbons (Fsp3) is 0.536. The van der Waals surface area contributed by atoms with Gasteiger partial charge in [-0.1, -0.05) is 76.6 Å². The van der Waals surface area contributed by atoms with E-state index in [-0.39, 0.29) is 17.9 Å². The summed E-state index contributed by atoms with van der Waals surface area (Å²) in [4.78, 5) is 15.5. The number of fused-ring (bicyclic) bond motifs is 1. The molecule has 2 atom stereocenters.